The normalized spacial score (nSPS) is 11.1. The number of aromatic nitrogens is 4. The SMILES string of the molecule is COc1cccc(/C=C(\NC(=O)c2ccccc2)C(=O)Nc2ccc(SCc3nnnn3-c3ccccc3)cc2)c1OC. The van der Waals surface area contributed by atoms with Gasteiger partial charge in [-0.2, -0.15) is 4.68 Å². The average Bonchev–Trinajstić information content (AvgIpc) is 3.53. The van der Waals surface area contributed by atoms with Crippen LogP contribution in [0.25, 0.3) is 11.8 Å². The van der Waals surface area contributed by atoms with Crippen LogP contribution >= 0.6 is 11.8 Å². The van der Waals surface area contributed by atoms with E-state index in [1.54, 1.807) is 77.1 Å². The van der Waals surface area contributed by atoms with Crippen LogP contribution in [0, 0.1) is 0 Å². The molecule has 1 aromatic heterocycles. The van der Waals surface area contributed by atoms with Gasteiger partial charge in [0.1, 0.15) is 5.70 Å². The number of nitrogens with one attached hydrogen (secondary N) is 2. The molecule has 5 aromatic rings. The molecule has 1 heterocycles. The molecule has 0 atom stereocenters. The van der Waals surface area contributed by atoms with Crippen molar-refractivity contribution in [3.63, 3.8) is 0 Å². The maximum Gasteiger partial charge on any atom is 0.272 e. The molecule has 11 heteroatoms. The highest BCUT2D eigenvalue weighted by molar-refractivity contribution is 7.98. The summed E-state index contributed by atoms with van der Waals surface area (Å²) in [5.74, 6) is 1.27. The zero-order valence-electron chi connectivity index (χ0n) is 23.4. The fourth-order valence-electron chi connectivity index (χ4n) is 4.17. The summed E-state index contributed by atoms with van der Waals surface area (Å²) in [7, 11) is 3.04. The van der Waals surface area contributed by atoms with Crippen molar-refractivity contribution in [3.8, 4) is 17.2 Å². The smallest absolute Gasteiger partial charge is 0.272 e. The molecule has 0 radical (unpaired) electrons. The number of carbonyl (C=O) groups excluding carboxylic acids is 2. The molecule has 2 amide bonds. The number of amides is 2. The maximum absolute atomic E-state index is 13.5. The van der Waals surface area contributed by atoms with Gasteiger partial charge in [-0.15, -0.1) is 16.9 Å². The number of rotatable bonds is 11. The highest BCUT2D eigenvalue weighted by Crippen LogP contribution is 2.32. The van der Waals surface area contributed by atoms with Gasteiger partial charge in [0.2, 0.25) is 0 Å². The number of ether oxygens (including phenoxy) is 2. The van der Waals surface area contributed by atoms with Gasteiger partial charge in [0.25, 0.3) is 11.8 Å². The van der Waals surface area contributed by atoms with Crippen LogP contribution in [0.5, 0.6) is 11.5 Å². The van der Waals surface area contributed by atoms with Gasteiger partial charge in [0.15, 0.2) is 17.3 Å². The minimum Gasteiger partial charge on any atom is -0.493 e. The predicted octanol–water partition coefficient (Wildman–Crippen LogP) is 5.38. The van der Waals surface area contributed by atoms with E-state index in [2.05, 4.69) is 26.2 Å². The Kier molecular flexibility index (Phi) is 9.45. The Morgan fingerprint density at radius 2 is 1.58 bits per heavy atom. The third-order valence-corrected chi connectivity index (χ3v) is 7.29. The number of hydrogen-bond acceptors (Lipinski definition) is 8. The molecular formula is C32H28N6O4S. The Labute approximate surface area is 252 Å². The highest BCUT2D eigenvalue weighted by atomic mass is 32.2. The van der Waals surface area contributed by atoms with E-state index in [4.69, 9.17) is 9.47 Å². The van der Waals surface area contributed by atoms with Crippen molar-refractivity contribution in [2.24, 2.45) is 0 Å². The van der Waals surface area contributed by atoms with Crippen molar-refractivity contribution in [1.82, 2.24) is 25.5 Å². The lowest BCUT2D eigenvalue weighted by atomic mass is 10.1. The molecule has 43 heavy (non-hydrogen) atoms. The first-order valence-electron chi connectivity index (χ1n) is 13.2. The summed E-state index contributed by atoms with van der Waals surface area (Å²) in [6.07, 6.45) is 1.55. The van der Waals surface area contributed by atoms with Crippen LogP contribution in [0.15, 0.2) is 114 Å². The van der Waals surface area contributed by atoms with Crippen molar-refractivity contribution in [2.75, 3.05) is 19.5 Å². The molecule has 0 bridgehead atoms. The Balaban J connectivity index is 1.32. The topological polar surface area (TPSA) is 120 Å². The molecule has 5 rings (SSSR count). The molecule has 216 valence electrons. The Hall–Kier alpha value is -5.42. The minimum atomic E-state index is -0.503. The molecule has 0 aliphatic heterocycles. The lowest BCUT2D eigenvalue weighted by Gasteiger charge is -2.14. The molecule has 0 saturated carbocycles. The Morgan fingerprint density at radius 1 is 0.860 bits per heavy atom. The molecule has 0 aliphatic carbocycles. The molecular weight excluding hydrogens is 564 g/mol. The second-order valence-corrected chi connectivity index (χ2v) is 10.1. The number of thioether (sulfide) groups is 1. The second-order valence-electron chi connectivity index (χ2n) is 9.07. The molecule has 0 fully saturated rings. The maximum atomic E-state index is 13.5. The first-order valence-corrected chi connectivity index (χ1v) is 14.2. The third-order valence-electron chi connectivity index (χ3n) is 6.28. The van der Waals surface area contributed by atoms with Crippen molar-refractivity contribution in [2.45, 2.75) is 10.6 Å². The molecule has 0 unspecified atom stereocenters. The fraction of sp³-hybridized carbons (Fsp3) is 0.0938. The summed E-state index contributed by atoms with van der Waals surface area (Å²) in [6, 6.07) is 31.0. The van der Waals surface area contributed by atoms with Crippen LogP contribution in [0.4, 0.5) is 5.69 Å². The summed E-state index contributed by atoms with van der Waals surface area (Å²) in [6.45, 7) is 0. The lowest BCUT2D eigenvalue weighted by molar-refractivity contribution is -0.113. The van der Waals surface area contributed by atoms with Gasteiger partial charge >= 0.3 is 0 Å². The van der Waals surface area contributed by atoms with Gasteiger partial charge in [0, 0.05) is 21.7 Å². The van der Waals surface area contributed by atoms with Crippen LogP contribution in [0.3, 0.4) is 0 Å². The highest BCUT2D eigenvalue weighted by Gasteiger charge is 2.17. The van der Waals surface area contributed by atoms with E-state index >= 15 is 0 Å². The number of anilines is 1. The number of hydrogen-bond donors (Lipinski definition) is 2. The molecule has 0 spiro atoms. The van der Waals surface area contributed by atoms with Crippen LogP contribution in [-0.2, 0) is 10.5 Å². The van der Waals surface area contributed by atoms with Gasteiger partial charge in [-0.25, -0.2) is 0 Å². The summed E-state index contributed by atoms with van der Waals surface area (Å²) < 4.78 is 12.6. The van der Waals surface area contributed by atoms with Crippen LogP contribution in [-0.4, -0.2) is 46.2 Å². The van der Waals surface area contributed by atoms with Crippen LogP contribution < -0.4 is 20.1 Å². The van der Waals surface area contributed by atoms with E-state index in [0.717, 1.165) is 10.6 Å². The van der Waals surface area contributed by atoms with Crippen molar-refractivity contribution < 1.29 is 19.1 Å². The van der Waals surface area contributed by atoms with Gasteiger partial charge in [-0.3, -0.25) is 9.59 Å². The summed E-state index contributed by atoms with van der Waals surface area (Å²) in [5, 5.41) is 17.7. The summed E-state index contributed by atoms with van der Waals surface area (Å²) in [4.78, 5) is 27.4. The van der Waals surface area contributed by atoms with E-state index < -0.39 is 11.8 Å². The summed E-state index contributed by atoms with van der Waals surface area (Å²) in [5.41, 5.74) is 2.45. The number of carbonyl (C=O) groups is 2. The fourth-order valence-corrected chi connectivity index (χ4v) is 4.97. The van der Waals surface area contributed by atoms with Crippen molar-refractivity contribution in [3.05, 3.63) is 126 Å². The molecule has 2 N–H and O–H groups in total. The first kappa shape index (κ1) is 29.1. The quantitative estimate of drug-likeness (QED) is 0.155. The number of nitrogens with zero attached hydrogens (tertiary/aromatic N) is 4. The van der Waals surface area contributed by atoms with E-state index in [-0.39, 0.29) is 5.70 Å². The number of para-hydroxylation sites is 2. The lowest BCUT2D eigenvalue weighted by Crippen LogP contribution is -2.30. The van der Waals surface area contributed by atoms with Gasteiger partial charge < -0.3 is 20.1 Å². The Bertz CT molecular complexity index is 1720. The summed E-state index contributed by atoms with van der Waals surface area (Å²) >= 11 is 1.57. The van der Waals surface area contributed by atoms with Gasteiger partial charge in [-0.05, 0) is 71.1 Å². The number of benzene rings is 4. The van der Waals surface area contributed by atoms with E-state index in [1.165, 1.54) is 14.2 Å². The molecule has 0 saturated heterocycles. The van der Waals surface area contributed by atoms with Gasteiger partial charge in [0.05, 0.1) is 25.7 Å². The molecule has 4 aromatic carbocycles. The third kappa shape index (κ3) is 7.27. The zero-order valence-corrected chi connectivity index (χ0v) is 24.2. The average molecular weight is 593 g/mol. The van der Waals surface area contributed by atoms with E-state index in [9.17, 15) is 9.59 Å². The first-order chi connectivity index (χ1) is 21.1. The number of tetrazole rings is 1. The number of methoxy groups -OCH3 is 2. The van der Waals surface area contributed by atoms with Crippen LogP contribution in [0.2, 0.25) is 0 Å². The molecule has 10 nitrogen and oxygen atoms in total. The predicted molar refractivity (Wildman–Crippen MR) is 165 cm³/mol. The zero-order chi connectivity index (χ0) is 30.0. The van der Waals surface area contributed by atoms with Crippen molar-refractivity contribution in [1.29, 1.82) is 0 Å². The van der Waals surface area contributed by atoms with E-state index in [0.29, 0.717) is 39.9 Å². The van der Waals surface area contributed by atoms with Gasteiger partial charge in [-0.1, -0.05) is 48.5 Å². The second kappa shape index (κ2) is 14.0. The largest absolute Gasteiger partial charge is 0.493 e. The monoisotopic (exact) mass is 592 g/mol. The van der Waals surface area contributed by atoms with E-state index in [1.807, 2.05) is 48.5 Å². The minimum absolute atomic E-state index is 0.0339. The van der Waals surface area contributed by atoms with Crippen LogP contribution in [0.1, 0.15) is 21.7 Å². The van der Waals surface area contributed by atoms with Crippen molar-refractivity contribution >= 4 is 35.3 Å². The Morgan fingerprint density at radius 3 is 2.28 bits per heavy atom. The standard InChI is InChI=1S/C32H28N6O4S/c1-41-28-15-9-12-23(30(28)42-2)20-27(34-31(39)22-10-5-3-6-11-22)32(40)33-24-16-18-26(19-17-24)43-21-29-35-36-37-38(29)25-13-7-4-8-14-25/h3-20H,21H2,1-2H3,(H,33,40)(H,34,39)/b27-20-. The molecule has 0 aliphatic rings.